The monoisotopic (exact) mass is 261 g/mol. The van der Waals surface area contributed by atoms with E-state index in [-0.39, 0.29) is 0 Å². The van der Waals surface area contributed by atoms with E-state index in [1.807, 2.05) is 6.20 Å². The second-order valence-corrected chi connectivity index (χ2v) is 6.24. The van der Waals surface area contributed by atoms with Gasteiger partial charge in [0.15, 0.2) is 0 Å². The number of hydrogen-bond acceptors (Lipinski definition) is 3. The van der Waals surface area contributed by atoms with Gasteiger partial charge in [0.05, 0.1) is 0 Å². The molecule has 0 saturated heterocycles. The zero-order chi connectivity index (χ0) is 13.8. The van der Waals surface area contributed by atoms with E-state index in [0.717, 1.165) is 30.9 Å². The fraction of sp³-hybridized carbons (Fsp3) is 0.688. The van der Waals surface area contributed by atoms with Gasteiger partial charge < -0.3 is 10.2 Å². The van der Waals surface area contributed by atoms with Crippen molar-refractivity contribution in [1.82, 2.24) is 10.3 Å². The summed E-state index contributed by atoms with van der Waals surface area (Å²) in [7, 11) is 2.14. The maximum absolute atomic E-state index is 4.64. The van der Waals surface area contributed by atoms with Crippen LogP contribution in [-0.4, -0.2) is 24.6 Å². The van der Waals surface area contributed by atoms with Crippen molar-refractivity contribution < 1.29 is 0 Å². The molecule has 2 rings (SSSR count). The largest absolute Gasteiger partial charge is 0.359 e. The molecule has 106 valence electrons. The normalized spacial score (nSPS) is 15.0. The lowest BCUT2D eigenvalue weighted by molar-refractivity contribution is 0.583. The Kier molecular flexibility index (Phi) is 4.81. The van der Waals surface area contributed by atoms with E-state index in [2.05, 4.69) is 49.1 Å². The molecule has 1 aliphatic carbocycles. The predicted octanol–water partition coefficient (Wildman–Crippen LogP) is 3.12. The van der Waals surface area contributed by atoms with Crippen LogP contribution in [0, 0.1) is 12.8 Å². The predicted molar refractivity (Wildman–Crippen MR) is 81.6 cm³/mol. The Morgan fingerprint density at radius 1 is 1.42 bits per heavy atom. The van der Waals surface area contributed by atoms with Crippen LogP contribution >= 0.6 is 0 Å². The SMILES string of the molecule is Cc1cc(CNC2CC2)cnc1N(C)CCC(C)C. The second-order valence-electron chi connectivity index (χ2n) is 6.24. The van der Waals surface area contributed by atoms with Gasteiger partial charge >= 0.3 is 0 Å². The molecule has 0 spiro atoms. The minimum absolute atomic E-state index is 0.741. The first kappa shape index (κ1) is 14.3. The molecule has 1 heterocycles. The van der Waals surface area contributed by atoms with Gasteiger partial charge in [-0.25, -0.2) is 4.98 Å². The van der Waals surface area contributed by atoms with E-state index >= 15 is 0 Å². The van der Waals surface area contributed by atoms with Gasteiger partial charge in [0.25, 0.3) is 0 Å². The Balaban J connectivity index is 1.92. The van der Waals surface area contributed by atoms with Gasteiger partial charge in [-0.3, -0.25) is 0 Å². The van der Waals surface area contributed by atoms with Crippen LogP contribution in [0.5, 0.6) is 0 Å². The summed E-state index contributed by atoms with van der Waals surface area (Å²) in [6.07, 6.45) is 5.90. The maximum Gasteiger partial charge on any atom is 0.131 e. The fourth-order valence-electron chi connectivity index (χ4n) is 2.23. The fourth-order valence-corrected chi connectivity index (χ4v) is 2.23. The molecular formula is C16H27N3. The lowest BCUT2D eigenvalue weighted by atomic mass is 10.1. The minimum Gasteiger partial charge on any atom is -0.359 e. The molecule has 0 unspecified atom stereocenters. The quantitative estimate of drug-likeness (QED) is 0.817. The third-order valence-electron chi connectivity index (χ3n) is 3.68. The Labute approximate surface area is 117 Å². The zero-order valence-electron chi connectivity index (χ0n) is 12.7. The number of aromatic nitrogens is 1. The molecule has 19 heavy (non-hydrogen) atoms. The summed E-state index contributed by atoms with van der Waals surface area (Å²) in [5.74, 6) is 1.86. The molecule has 1 aromatic heterocycles. The number of rotatable bonds is 7. The molecule has 1 N–H and O–H groups in total. The number of pyridine rings is 1. The molecule has 0 radical (unpaired) electrons. The van der Waals surface area contributed by atoms with Crippen molar-refractivity contribution in [1.29, 1.82) is 0 Å². The van der Waals surface area contributed by atoms with Crippen molar-refractivity contribution >= 4 is 5.82 Å². The van der Waals surface area contributed by atoms with Crippen LogP contribution in [0.25, 0.3) is 0 Å². The van der Waals surface area contributed by atoms with Gasteiger partial charge in [-0.05, 0) is 49.3 Å². The van der Waals surface area contributed by atoms with Gasteiger partial charge in [0.2, 0.25) is 0 Å². The standard InChI is InChI=1S/C16H27N3/c1-12(2)7-8-19(4)16-13(3)9-14(11-18-16)10-17-15-5-6-15/h9,11-12,15,17H,5-8,10H2,1-4H3. The van der Waals surface area contributed by atoms with Gasteiger partial charge in [-0.2, -0.15) is 0 Å². The van der Waals surface area contributed by atoms with Crippen molar-refractivity contribution in [2.45, 2.75) is 52.6 Å². The molecule has 1 aromatic rings. The van der Waals surface area contributed by atoms with Crippen LogP contribution in [0.3, 0.4) is 0 Å². The first-order valence-corrected chi connectivity index (χ1v) is 7.46. The average molecular weight is 261 g/mol. The third-order valence-corrected chi connectivity index (χ3v) is 3.68. The lowest BCUT2D eigenvalue weighted by Crippen LogP contribution is -2.22. The molecule has 0 amide bonds. The molecule has 1 saturated carbocycles. The van der Waals surface area contributed by atoms with Crippen LogP contribution in [0.4, 0.5) is 5.82 Å². The highest BCUT2D eigenvalue weighted by Crippen LogP contribution is 2.21. The Morgan fingerprint density at radius 2 is 2.16 bits per heavy atom. The summed E-state index contributed by atoms with van der Waals surface area (Å²) in [5.41, 5.74) is 2.58. The lowest BCUT2D eigenvalue weighted by Gasteiger charge is -2.21. The van der Waals surface area contributed by atoms with Crippen LogP contribution < -0.4 is 10.2 Å². The van der Waals surface area contributed by atoms with Crippen molar-refractivity contribution in [2.24, 2.45) is 5.92 Å². The molecule has 0 aliphatic heterocycles. The minimum atomic E-state index is 0.741. The highest BCUT2D eigenvalue weighted by Gasteiger charge is 2.20. The molecule has 1 fully saturated rings. The summed E-state index contributed by atoms with van der Waals surface area (Å²) in [6, 6.07) is 3.03. The van der Waals surface area contributed by atoms with E-state index in [1.165, 1.54) is 30.4 Å². The molecule has 0 aromatic carbocycles. The van der Waals surface area contributed by atoms with Crippen LogP contribution in [0.15, 0.2) is 12.3 Å². The third kappa shape index (κ3) is 4.50. The molecule has 1 aliphatic rings. The molecule has 3 nitrogen and oxygen atoms in total. The van der Waals surface area contributed by atoms with E-state index in [9.17, 15) is 0 Å². The number of nitrogens with one attached hydrogen (secondary N) is 1. The summed E-state index contributed by atoms with van der Waals surface area (Å²) >= 11 is 0. The van der Waals surface area contributed by atoms with E-state index in [1.54, 1.807) is 0 Å². The van der Waals surface area contributed by atoms with E-state index in [0.29, 0.717) is 0 Å². The highest BCUT2D eigenvalue weighted by atomic mass is 15.2. The van der Waals surface area contributed by atoms with Crippen molar-refractivity contribution in [3.05, 3.63) is 23.4 Å². The zero-order valence-corrected chi connectivity index (χ0v) is 12.7. The average Bonchev–Trinajstić information content (AvgIpc) is 3.17. The first-order chi connectivity index (χ1) is 9.06. The van der Waals surface area contributed by atoms with Gasteiger partial charge in [0.1, 0.15) is 5.82 Å². The van der Waals surface area contributed by atoms with E-state index < -0.39 is 0 Å². The maximum atomic E-state index is 4.64. The van der Waals surface area contributed by atoms with Crippen molar-refractivity contribution in [3.63, 3.8) is 0 Å². The van der Waals surface area contributed by atoms with Crippen LogP contribution in [-0.2, 0) is 6.54 Å². The Morgan fingerprint density at radius 3 is 2.74 bits per heavy atom. The van der Waals surface area contributed by atoms with Crippen molar-refractivity contribution in [2.75, 3.05) is 18.5 Å². The molecule has 3 heteroatoms. The van der Waals surface area contributed by atoms with Gasteiger partial charge in [0, 0.05) is 32.4 Å². The smallest absolute Gasteiger partial charge is 0.131 e. The number of nitrogens with zero attached hydrogens (tertiary/aromatic N) is 2. The van der Waals surface area contributed by atoms with E-state index in [4.69, 9.17) is 0 Å². The van der Waals surface area contributed by atoms with Gasteiger partial charge in [-0.15, -0.1) is 0 Å². The summed E-state index contributed by atoms with van der Waals surface area (Å²) in [4.78, 5) is 6.91. The summed E-state index contributed by atoms with van der Waals surface area (Å²) in [5, 5.41) is 3.54. The van der Waals surface area contributed by atoms with Crippen LogP contribution in [0.2, 0.25) is 0 Å². The molecule has 0 atom stereocenters. The summed E-state index contributed by atoms with van der Waals surface area (Å²) in [6.45, 7) is 8.72. The van der Waals surface area contributed by atoms with Crippen LogP contribution in [0.1, 0.15) is 44.2 Å². The Hall–Kier alpha value is -1.09. The summed E-state index contributed by atoms with van der Waals surface area (Å²) < 4.78 is 0. The topological polar surface area (TPSA) is 28.2 Å². The Bertz CT molecular complexity index is 410. The highest BCUT2D eigenvalue weighted by molar-refractivity contribution is 5.46. The number of hydrogen-bond donors (Lipinski definition) is 1. The molecular weight excluding hydrogens is 234 g/mol. The number of aryl methyl sites for hydroxylation is 1. The second kappa shape index (κ2) is 6.38. The van der Waals surface area contributed by atoms with Gasteiger partial charge in [-0.1, -0.05) is 13.8 Å². The number of anilines is 1. The first-order valence-electron chi connectivity index (χ1n) is 7.46. The van der Waals surface area contributed by atoms with Crippen molar-refractivity contribution in [3.8, 4) is 0 Å². The molecule has 0 bridgehead atoms.